The lowest BCUT2D eigenvalue weighted by Crippen LogP contribution is -2.25. The number of aliphatic hydroxyl groups is 1. The van der Waals surface area contributed by atoms with Crippen LogP contribution >= 0.6 is 0 Å². The van der Waals surface area contributed by atoms with Crippen molar-refractivity contribution in [3.63, 3.8) is 0 Å². The van der Waals surface area contributed by atoms with Crippen molar-refractivity contribution < 1.29 is 18.6 Å². The van der Waals surface area contributed by atoms with Gasteiger partial charge < -0.3 is 9.84 Å². The fourth-order valence-electron chi connectivity index (χ4n) is 2.76. The molecule has 0 saturated heterocycles. The first kappa shape index (κ1) is 14.0. The summed E-state index contributed by atoms with van der Waals surface area (Å²) >= 11 is 0. The molecular weight excluding hydrogens is 274 g/mol. The van der Waals surface area contributed by atoms with Crippen molar-refractivity contribution in [2.75, 3.05) is 0 Å². The van der Waals surface area contributed by atoms with Gasteiger partial charge in [0.05, 0.1) is 0 Å². The Morgan fingerprint density at radius 1 is 1.05 bits per heavy atom. The second kappa shape index (κ2) is 5.82. The SMILES string of the molecule is OC1c2ccccc2CCCC1Oc1cccc(F)c1F. The molecule has 2 aromatic carbocycles. The Bertz CT molecular complexity index is 642. The van der Waals surface area contributed by atoms with Gasteiger partial charge in [-0.3, -0.25) is 0 Å². The van der Waals surface area contributed by atoms with Crippen LogP contribution in [0.4, 0.5) is 8.78 Å². The Morgan fingerprint density at radius 3 is 2.71 bits per heavy atom. The summed E-state index contributed by atoms with van der Waals surface area (Å²) in [6.45, 7) is 0. The van der Waals surface area contributed by atoms with Gasteiger partial charge in [0, 0.05) is 0 Å². The maximum Gasteiger partial charge on any atom is 0.200 e. The van der Waals surface area contributed by atoms with Crippen molar-refractivity contribution in [2.24, 2.45) is 0 Å². The number of halogens is 2. The van der Waals surface area contributed by atoms with Crippen LogP contribution in [0.5, 0.6) is 5.75 Å². The highest BCUT2D eigenvalue weighted by molar-refractivity contribution is 5.32. The molecule has 0 aliphatic heterocycles. The molecule has 0 fully saturated rings. The minimum absolute atomic E-state index is 0.154. The first-order valence-electron chi connectivity index (χ1n) is 7.03. The number of aliphatic hydroxyl groups excluding tert-OH is 1. The fourth-order valence-corrected chi connectivity index (χ4v) is 2.76. The van der Waals surface area contributed by atoms with Crippen LogP contribution in [-0.4, -0.2) is 11.2 Å². The van der Waals surface area contributed by atoms with Crippen molar-refractivity contribution in [3.8, 4) is 5.75 Å². The number of benzene rings is 2. The molecule has 2 aromatic rings. The van der Waals surface area contributed by atoms with Gasteiger partial charge in [-0.1, -0.05) is 30.3 Å². The molecule has 4 heteroatoms. The summed E-state index contributed by atoms with van der Waals surface area (Å²) < 4.78 is 32.5. The number of fused-ring (bicyclic) bond motifs is 1. The molecule has 3 rings (SSSR count). The summed E-state index contributed by atoms with van der Waals surface area (Å²) in [5.41, 5.74) is 1.88. The Kier molecular flexibility index (Phi) is 3.88. The summed E-state index contributed by atoms with van der Waals surface area (Å²) in [4.78, 5) is 0. The van der Waals surface area contributed by atoms with Crippen LogP contribution in [0.2, 0.25) is 0 Å². The van der Waals surface area contributed by atoms with E-state index in [1.807, 2.05) is 24.3 Å². The van der Waals surface area contributed by atoms with Crippen molar-refractivity contribution >= 4 is 0 Å². The highest BCUT2D eigenvalue weighted by atomic mass is 19.2. The highest BCUT2D eigenvalue weighted by Crippen LogP contribution is 2.32. The maximum atomic E-state index is 13.7. The molecule has 1 aliphatic rings. The molecule has 1 aliphatic carbocycles. The maximum absolute atomic E-state index is 13.7. The monoisotopic (exact) mass is 290 g/mol. The van der Waals surface area contributed by atoms with Crippen molar-refractivity contribution in [1.82, 2.24) is 0 Å². The first-order chi connectivity index (χ1) is 10.2. The van der Waals surface area contributed by atoms with Crippen LogP contribution in [-0.2, 0) is 6.42 Å². The molecule has 2 unspecified atom stereocenters. The molecule has 2 atom stereocenters. The molecule has 0 spiro atoms. The lowest BCUT2D eigenvalue weighted by Gasteiger charge is -2.23. The van der Waals surface area contributed by atoms with E-state index in [1.54, 1.807) is 0 Å². The molecule has 0 saturated carbocycles. The zero-order valence-electron chi connectivity index (χ0n) is 11.4. The number of aryl methyl sites for hydroxylation is 1. The topological polar surface area (TPSA) is 29.5 Å². The van der Waals surface area contributed by atoms with E-state index >= 15 is 0 Å². The van der Waals surface area contributed by atoms with Gasteiger partial charge in [-0.2, -0.15) is 4.39 Å². The largest absolute Gasteiger partial charge is 0.484 e. The van der Waals surface area contributed by atoms with E-state index in [9.17, 15) is 13.9 Å². The normalized spacial score (nSPS) is 21.5. The van der Waals surface area contributed by atoms with Gasteiger partial charge in [0.2, 0.25) is 5.82 Å². The number of hydrogen-bond donors (Lipinski definition) is 1. The molecule has 110 valence electrons. The van der Waals surface area contributed by atoms with Crippen LogP contribution in [0.25, 0.3) is 0 Å². The highest BCUT2D eigenvalue weighted by Gasteiger charge is 2.28. The van der Waals surface area contributed by atoms with E-state index in [-0.39, 0.29) is 5.75 Å². The molecule has 2 nitrogen and oxygen atoms in total. The molecule has 0 heterocycles. The van der Waals surface area contributed by atoms with Gasteiger partial charge in [-0.05, 0) is 42.5 Å². The number of rotatable bonds is 2. The van der Waals surface area contributed by atoms with E-state index in [0.717, 1.165) is 30.0 Å². The molecule has 0 amide bonds. The van der Waals surface area contributed by atoms with Crippen LogP contribution in [0.1, 0.15) is 30.1 Å². The third-order valence-electron chi connectivity index (χ3n) is 3.86. The average molecular weight is 290 g/mol. The standard InChI is InChI=1S/C17H16F2O2/c18-13-8-4-9-14(16(13)19)21-15-10-3-6-11-5-1-2-7-12(11)17(15)20/h1-2,4-5,7-9,15,17,20H,3,6,10H2. The van der Waals surface area contributed by atoms with Gasteiger partial charge in [0.25, 0.3) is 0 Å². The van der Waals surface area contributed by atoms with Gasteiger partial charge >= 0.3 is 0 Å². The molecule has 0 bridgehead atoms. The molecule has 0 radical (unpaired) electrons. The van der Waals surface area contributed by atoms with E-state index in [4.69, 9.17) is 4.74 Å². The Morgan fingerprint density at radius 2 is 1.86 bits per heavy atom. The zero-order valence-corrected chi connectivity index (χ0v) is 11.4. The predicted molar refractivity (Wildman–Crippen MR) is 75.1 cm³/mol. The smallest absolute Gasteiger partial charge is 0.200 e. The summed E-state index contributed by atoms with van der Waals surface area (Å²) in [6, 6.07) is 11.4. The van der Waals surface area contributed by atoms with Gasteiger partial charge in [0.1, 0.15) is 12.2 Å². The Balaban J connectivity index is 1.88. The average Bonchev–Trinajstić information content (AvgIpc) is 2.65. The minimum atomic E-state index is -1.01. The summed E-state index contributed by atoms with van der Waals surface area (Å²) in [5.74, 6) is -2.11. The van der Waals surface area contributed by atoms with E-state index in [0.29, 0.717) is 6.42 Å². The van der Waals surface area contributed by atoms with Crippen LogP contribution in [0, 0.1) is 11.6 Å². The van der Waals surface area contributed by atoms with Gasteiger partial charge in [-0.15, -0.1) is 0 Å². The van der Waals surface area contributed by atoms with Crippen molar-refractivity contribution in [3.05, 3.63) is 65.2 Å². The summed E-state index contributed by atoms with van der Waals surface area (Å²) in [5, 5.41) is 10.5. The quantitative estimate of drug-likeness (QED) is 0.853. The molecule has 0 aromatic heterocycles. The third-order valence-corrected chi connectivity index (χ3v) is 3.86. The summed E-state index contributed by atoms with van der Waals surface area (Å²) in [7, 11) is 0. The van der Waals surface area contributed by atoms with Crippen LogP contribution in [0.15, 0.2) is 42.5 Å². The number of ether oxygens (including phenoxy) is 1. The molecule has 21 heavy (non-hydrogen) atoms. The zero-order chi connectivity index (χ0) is 14.8. The van der Waals surface area contributed by atoms with E-state index < -0.39 is 23.8 Å². The molecule has 1 N–H and O–H groups in total. The first-order valence-corrected chi connectivity index (χ1v) is 7.03. The van der Waals surface area contributed by atoms with Gasteiger partial charge in [0.15, 0.2) is 11.6 Å². The minimum Gasteiger partial charge on any atom is -0.484 e. The Labute approximate surface area is 122 Å². The van der Waals surface area contributed by atoms with Crippen molar-refractivity contribution in [2.45, 2.75) is 31.5 Å². The third kappa shape index (κ3) is 2.76. The van der Waals surface area contributed by atoms with E-state index in [2.05, 4.69) is 0 Å². The van der Waals surface area contributed by atoms with Gasteiger partial charge in [-0.25, -0.2) is 4.39 Å². The number of hydrogen-bond acceptors (Lipinski definition) is 2. The second-order valence-corrected chi connectivity index (χ2v) is 5.24. The van der Waals surface area contributed by atoms with Crippen molar-refractivity contribution in [1.29, 1.82) is 0 Å². The van der Waals surface area contributed by atoms with Crippen LogP contribution in [0.3, 0.4) is 0 Å². The van der Waals surface area contributed by atoms with E-state index in [1.165, 1.54) is 12.1 Å². The Hall–Kier alpha value is -1.94. The van der Waals surface area contributed by atoms with Crippen LogP contribution < -0.4 is 4.74 Å². The lowest BCUT2D eigenvalue weighted by atomic mass is 10.0. The summed E-state index contributed by atoms with van der Waals surface area (Å²) in [6.07, 6.45) is 0.844. The second-order valence-electron chi connectivity index (χ2n) is 5.24. The molecular formula is C17H16F2O2. The predicted octanol–water partition coefficient (Wildman–Crippen LogP) is 3.78. The fraction of sp³-hybridized carbons (Fsp3) is 0.294. The lowest BCUT2D eigenvalue weighted by molar-refractivity contribution is 0.0294.